The van der Waals surface area contributed by atoms with Crippen LogP contribution in [0.4, 0.5) is 13.2 Å². The minimum Gasteiger partial charge on any atom is -0.475 e. The minimum absolute atomic E-state index is 0.0358. The Bertz CT molecular complexity index is 928. The molecule has 2 fully saturated rings. The lowest BCUT2D eigenvalue weighted by Gasteiger charge is -2.18. The van der Waals surface area contributed by atoms with E-state index in [4.69, 9.17) is 14.6 Å². The highest BCUT2D eigenvalue weighted by Crippen LogP contribution is 2.33. The highest BCUT2D eigenvalue weighted by molar-refractivity contribution is 5.92. The van der Waals surface area contributed by atoms with E-state index in [1.807, 2.05) is 47.9 Å². The topological polar surface area (TPSA) is 102 Å². The predicted octanol–water partition coefficient (Wildman–Crippen LogP) is 1.41. The molecule has 2 aromatic heterocycles. The highest BCUT2D eigenvalue weighted by Gasteiger charge is 2.42. The molecule has 12 heteroatoms. The number of hydrogen-bond donors (Lipinski definition) is 2. The van der Waals surface area contributed by atoms with E-state index in [-0.39, 0.29) is 18.1 Å². The maximum Gasteiger partial charge on any atom is 0.490 e. The summed E-state index contributed by atoms with van der Waals surface area (Å²) >= 11 is 0. The van der Waals surface area contributed by atoms with Crippen molar-refractivity contribution in [3.63, 3.8) is 0 Å². The molecule has 0 radical (unpaired) electrons. The molecule has 2 aliphatic rings. The molecular weight excluding hydrogens is 431 g/mol. The molecule has 0 unspecified atom stereocenters. The number of halogens is 3. The van der Waals surface area contributed by atoms with Gasteiger partial charge in [-0.15, -0.1) is 0 Å². The van der Waals surface area contributed by atoms with Crippen LogP contribution in [0, 0.1) is 5.92 Å². The van der Waals surface area contributed by atoms with Gasteiger partial charge in [-0.1, -0.05) is 0 Å². The predicted molar refractivity (Wildman–Crippen MR) is 107 cm³/mol. The quantitative estimate of drug-likeness (QED) is 0.704. The zero-order valence-corrected chi connectivity index (χ0v) is 17.7. The number of nitrogens with one attached hydrogen (secondary N) is 1. The van der Waals surface area contributed by atoms with Crippen molar-refractivity contribution in [1.82, 2.24) is 24.6 Å². The number of aliphatic carboxylic acids is 1. The second kappa shape index (κ2) is 9.74. The van der Waals surface area contributed by atoms with E-state index in [0.717, 1.165) is 26.1 Å². The molecule has 0 aliphatic carbocycles. The third-order valence-corrected chi connectivity index (χ3v) is 5.46. The van der Waals surface area contributed by atoms with Gasteiger partial charge in [0.15, 0.2) is 0 Å². The number of aryl methyl sites for hydroxylation is 2. The molecule has 2 aliphatic heterocycles. The molecule has 3 atom stereocenters. The molecule has 0 bridgehead atoms. The number of ether oxygens (including phenoxy) is 1. The molecule has 2 aromatic rings. The fourth-order valence-corrected chi connectivity index (χ4v) is 4.01. The van der Waals surface area contributed by atoms with Gasteiger partial charge in [0.2, 0.25) is 0 Å². The smallest absolute Gasteiger partial charge is 0.475 e. The van der Waals surface area contributed by atoms with Gasteiger partial charge in [-0.2, -0.15) is 18.3 Å². The molecule has 1 amide bonds. The molecule has 9 nitrogen and oxygen atoms in total. The Labute approximate surface area is 182 Å². The van der Waals surface area contributed by atoms with E-state index < -0.39 is 12.1 Å². The molecule has 0 aromatic carbocycles. The summed E-state index contributed by atoms with van der Waals surface area (Å²) in [6.07, 6.45) is 2.21. The largest absolute Gasteiger partial charge is 0.490 e. The van der Waals surface area contributed by atoms with Crippen LogP contribution in [0.25, 0.3) is 0 Å². The van der Waals surface area contributed by atoms with Crippen molar-refractivity contribution in [3.8, 4) is 0 Å². The van der Waals surface area contributed by atoms with Gasteiger partial charge >= 0.3 is 12.1 Å². The summed E-state index contributed by atoms with van der Waals surface area (Å²) in [6.45, 7) is 3.53. The van der Waals surface area contributed by atoms with Crippen LogP contribution in [0.5, 0.6) is 0 Å². The number of alkyl halides is 3. The van der Waals surface area contributed by atoms with Crippen molar-refractivity contribution in [2.24, 2.45) is 20.0 Å². The summed E-state index contributed by atoms with van der Waals surface area (Å²) in [7, 11) is 3.82. The summed E-state index contributed by atoms with van der Waals surface area (Å²) in [5, 5.41) is 14.4. The van der Waals surface area contributed by atoms with Gasteiger partial charge in [0.25, 0.3) is 5.91 Å². The first-order valence-corrected chi connectivity index (χ1v) is 10.1. The van der Waals surface area contributed by atoms with Crippen LogP contribution in [0.15, 0.2) is 30.7 Å². The number of amides is 1. The second-order valence-electron chi connectivity index (χ2n) is 8.03. The van der Waals surface area contributed by atoms with Gasteiger partial charge in [-0.25, -0.2) is 4.79 Å². The van der Waals surface area contributed by atoms with Crippen molar-refractivity contribution in [2.75, 3.05) is 19.6 Å². The molecular formula is C20H26F3N5O4. The van der Waals surface area contributed by atoms with E-state index in [1.165, 1.54) is 5.56 Å². The summed E-state index contributed by atoms with van der Waals surface area (Å²) in [5.41, 5.74) is 1.93. The summed E-state index contributed by atoms with van der Waals surface area (Å²) in [4.78, 5) is 23.5. The van der Waals surface area contributed by atoms with Gasteiger partial charge in [0, 0.05) is 64.1 Å². The van der Waals surface area contributed by atoms with E-state index in [2.05, 4.69) is 21.5 Å². The van der Waals surface area contributed by atoms with Crippen molar-refractivity contribution < 1.29 is 32.6 Å². The van der Waals surface area contributed by atoms with E-state index in [0.29, 0.717) is 18.2 Å². The number of likely N-dealkylation sites (tertiary alicyclic amines) is 1. The Kier molecular flexibility index (Phi) is 7.24. The second-order valence-corrected chi connectivity index (χ2v) is 8.03. The van der Waals surface area contributed by atoms with Gasteiger partial charge < -0.3 is 19.7 Å². The lowest BCUT2D eigenvalue weighted by Crippen LogP contribution is -2.34. The zero-order chi connectivity index (χ0) is 23.5. The number of carboxylic acids is 1. The van der Waals surface area contributed by atoms with Crippen molar-refractivity contribution in [2.45, 2.75) is 31.3 Å². The molecule has 32 heavy (non-hydrogen) atoms. The van der Waals surface area contributed by atoms with Crippen molar-refractivity contribution in [3.05, 3.63) is 42.0 Å². The normalized spacial score (nSPS) is 22.8. The molecule has 0 saturated carbocycles. The SMILES string of the molecule is Cn1cc(CN2C[C@H]3C[C@H](CNC(=O)c4cccn4C)O[C@H]3C2)cn1.O=C(O)C(F)(F)F. The molecule has 4 heterocycles. The maximum atomic E-state index is 12.2. The first kappa shape index (κ1) is 23.8. The van der Waals surface area contributed by atoms with Gasteiger partial charge in [0.1, 0.15) is 5.69 Å². The van der Waals surface area contributed by atoms with E-state index in [1.54, 1.807) is 0 Å². The zero-order valence-electron chi connectivity index (χ0n) is 17.7. The number of rotatable bonds is 5. The average molecular weight is 457 g/mol. The van der Waals surface area contributed by atoms with Gasteiger partial charge in [-0.3, -0.25) is 14.4 Å². The standard InChI is InChI=1S/C18H25N5O2.C2HF3O2/c1-21-5-3-4-16(21)18(24)19-8-15-6-14-11-23(12-17(14)25-15)10-13-7-20-22(2)9-13;3-2(4,5)1(6)7/h3-5,7,9,14-15,17H,6,8,10-12H2,1-2H3,(H,19,24);(H,6,7)/t14-,15-,17+;/m1./s1. The number of fused-ring (bicyclic) bond motifs is 1. The van der Waals surface area contributed by atoms with Crippen molar-refractivity contribution >= 4 is 11.9 Å². The minimum atomic E-state index is -5.08. The number of carbonyl (C=O) groups excluding carboxylic acids is 1. The summed E-state index contributed by atoms with van der Waals surface area (Å²) in [5.74, 6) is -2.23. The number of carboxylic acid groups (broad SMARTS) is 1. The fraction of sp³-hybridized carbons (Fsp3) is 0.550. The highest BCUT2D eigenvalue weighted by atomic mass is 19.4. The third-order valence-electron chi connectivity index (χ3n) is 5.46. The van der Waals surface area contributed by atoms with Crippen LogP contribution in [-0.2, 0) is 30.2 Å². The Balaban J connectivity index is 0.000000360. The number of hydrogen-bond acceptors (Lipinski definition) is 5. The average Bonchev–Trinajstić information content (AvgIpc) is 3.45. The molecule has 2 N–H and O–H groups in total. The van der Waals surface area contributed by atoms with Crippen LogP contribution in [0.3, 0.4) is 0 Å². The van der Waals surface area contributed by atoms with Crippen LogP contribution in [0.1, 0.15) is 22.5 Å². The third kappa shape index (κ3) is 6.10. The summed E-state index contributed by atoms with van der Waals surface area (Å²) in [6, 6.07) is 3.71. The van der Waals surface area contributed by atoms with Crippen LogP contribution in [0.2, 0.25) is 0 Å². The fourth-order valence-electron chi connectivity index (χ4n) is 4.01. The number of aromatic nitrogens is 3. The van der Waals surface area contributed by atoms with Gasteiger partial charge in [0.05, 0.1) is 18.4 Å². The first-order valence-electron chi connectivity index (χ1n) is 10.1. The Morgan fingerprint density at radius 1 is 1.31 bits per heavy atom. The molecule has 4 rings (SSSR count). The molecule has 2 saturated heterocycles. The van der Waals surface area contributed by atoms with E-state index >= 15 is 0 Å². The molecule has 0 spiro atoms. The first-order chi connectivity index (χ1) is 15.0. The lowest BCUT2D eigenvalue weighted by molar-refractivity contribution is -0.192. The Hall–Kier alpha value is -2.86. The van der Waals surface area contributed by atoms with E-state index in [9.17, 15) is 18.0 Å². The summed E-state index contributed by atoms with van der Waals surface area (Å²) < 4.78 is 41.6. The van der Waals surface area contributed by atoms with Gasteiger partial charge in [-0.05, 0) is 18.6 Å². The lowest BCUT2D eigenvalue weighted by atomic mass is 10.0. The maximum absolute atomic E-state index is 12.2. The van der Waals surface area contributed by atoms with Crippen molar-refractivity contribution in [1.29, 1.82) is 0 Å². The number of nitrogens with zero attached hydrogens (tertiary/aromatic N) is 4. The number of carbonyl (C=O) groups is 2. The van der Waals surface area contributed by atoms with Crippen LogP contribution < -0.4 is 5.32 Å². The Morgan fingerprint density at radius 2 is 2.03 bits per heavy atom. The Morgan fingerprint density at radius 3 is 2.56 bits per heavy atom. The van der Waals surface area contributed by atoms with Crippen LogP contribution >= 0.6 is 0 Å². The van der Waals surface area contributed by atoms with Crippen LogP contribution in [-0.4, -0.2) is 74.2 Å². The molecule has 176 valence electrons. The monoisotopic (exact) mass is 457 g/mol.